The van der Waals surface area contributed by atoms with E-state index in [4.69, 9.17) is 15.5 Å². The molecule has 0 radical (unpaired) electrons. The number of hydrogen-bond donors (Lipinski definition) is 1. The number of nitrogen functional groups attached to an aromatic ring is 1. The lowest BCUT2D eigenvalue weighted by Gasteiger charge is -2.39. The number of rotatable bonds is 3. The van der Waals surface area contributed by atoms with Crippen LogP contribution in [0, 0.1) is 0 Å². The Kier molecular flexibility index (Phi) is 5.61. The monoisotopic (exact) mass is 615 g/mol. The van der Waals surface area contributed by atoms with Gasteiger partial charge in [0.05, 0.1) is 16.4 Å². The fraction of sp³-hybridized carbons (Fsp3) is 0.0227. The molecule has 10 rings (SSSR count). The molecule has 1 spiro atoms. The lowest BCUT2D eigenvalue weighted by molar-refractivity contribution is 0.436. The number of fused-ring (bicyclic) bond motifs is 10. The fourth-order valence-electron chi connectivity index (χ4n) is 8.03. The molecule has 0 saturated carbocycles. The van der Waals surface area contributed by atoms with Gasteiger partial charge in [-0.3, -0.25) is 4.57 Å². The zero-order valence-corrected chi connectivity index (χ0v) is 26.0. The van der Waals surface area contributed by atoms with E-state index in [1.165, 1.54) is 11.1 Å². The Morgan fingerprint density at radius 2 is 1.17 bits per heavy atom. The third-order valence-electron chi connectivity index (χ3n) is 10.0. The molecule has 0 fully saturated rings. The summed E-state index contributed by atoms with van der Waals surface area (Å²) in [7, 11) is 0. The van der Waals surface area contributed by atoms with Gasteiger partial charge in [-0.15, -0.1) is 0 Å². The molecule has 2 heterocycles. The Hall–Kier alpha value is -6.39. The quantitative estimate of drug-likeness (QED) is 0.201. The third-order valence-corrected chi connectivity index (χ3v) is 10.0. The van der Waals surface area contributed by atoms with Crippen molar-refractivity contribution in [3.8, 4) is 50.8 Å². The maximum Gasteiger partial charge on any atom is 0.145 e. The summed E-state index contributed by atoms with van der Waals surface area (Å²) in [5.74, 6) is 2.67. The van der Waals surface area contributed by atoms with E-state index >= 15 is 0 Å². The van der Waals surface area contributed by atoms with Gasteiger partial charge in [-0.05, 0) is 76.3 Å². The normalized spacial score (nSPS) is 13.4. The van der Waals surface area contributed by atoms with E-state index < -0.39 is 5.41 Å². The van der Waals surface area contributed by atoms with E-state index in [9.17, 15) is 0 Å². The number of nitrogens with two attached hydrogens (primary N) is 1. The molecule has 0 unspecified atom stereocenters. The Balaban J connectivity index is 1.17. The molecular formula is C44H29N3O. The minimum atomic E-state index is -0.568. The first-order valence-corrected chi connectivity index (χ1v) is 16.3. The molecule has 1 aliphatic carbocycles. The number of hydrogen-bond acceptors (Lipinski definition) is 3. The summed E-state index contributed by atoms with van der Waals surface area (Å²) in [5.41, 5.74) is 20.4. The SMILES string of the molecule is Nc1cccc2c1-c1ccc(-c3ccc(-n4c(-c5ccccc5)nc5ccccc54)cc3)cc1C21c2ccccc2Oc2ccccc21. The standard InChI is InChI=1S/C44H29N3O/c45-37-16-10-15-35-42(37)32-26-23-30(27-36(32)44(35)33-13-4-8-19-40(33)48-41-20-9-5-14-34(41)44)28-21-24-31(25-22-28)47-39-18-7-6-17-38(39)46-43(47)29-11-2-1-3-12-29/h1-27H,45H2. The second-order valence-electron chi connectivity index (χ2n) is 12.5. The highest BCUT2D eigenvalue weighted by Crippen LogP contribution is 2.63. The van der Waals surface area contributed by atoms with Crippen LogP contribution in [0.15, 0.2) is 164 Å². The predicted molar refractivity (Wildman–Crippen MR) is 194 cm³/mol. The van der Waals surface area contributed by atoms with Gasteiger partial charge >= 0.3 is 0 Å². The Morgan fingerprint density at radius 1 is 0.521 bits per heavy atom. The van der Waals surface area contributed by atoms with Gasteiger partial charge in [0.15, 0.2) is 0 Å². The molecule has 1 aliphatic heterocycles. The van der Waals surface area contributed by atoms with Gasteiger partial charge < -0.3 is 10.5 Å². The fourth-order valence-corrected chi connectivity index (χ4v) is 8.03. The Bertz CT molecular complexity index is 2500. The first-order chi connectivity index (χ1) is 23.7. The van der Waals surface area contributed by atoms with Crippen LogP contribution in [0.25, 0.3) is 50.4 Å². The summed E-state index contributed by atoms with van der Waals surface area (Å²) in [5, 5.41) is 0. The smallest absolute Gasteiger partial charge is 0.145 e. The number of aromatic nitrogens is 2. The van der Waals surface area contributed by atoms with Crippen molar-refractivity contribution in [3.63, 3.8) is 0 Å². The van der Waals surface area contributed by atoms with Gasteiger partial charge in [0.2, 0.25) is 0 Å². The van der Waals surface area contributed by atoms with Gasteiger partial charge in [-0.1, -0.05) is 115 Å². The summed E-state index contributed by atoms with van der Waals surface area (Å²) in [6, 6.07) is 57.5. The van der Waals surface area contributed by atoms with Gasteiger partial charge in [0, 0.05) is 33.6 Å². The topological polar surface area (TPSA) is 53.1 Å². The summed E-state index contributed by atoms with van der Waals surface area (Å²) in [6.07, 6.45) is 0. The van der Waals surface area contributed by atoms with Crippen LogP contribution in [0.4, 0.5) is 5.69 Å². The highest BCUT2D eigenvalue weighted by atomic mass is 16.5. The molecule has 226 valence electrons. The predicted octanol–water partition coefficient (Wildman–Crippen LogP) is 10.4. The number of anilines is 1. The van der Waals surface area contributed by atoms with Crippen molar-refractivity contribution < 1.29 is 4.74 Å². The van der Waals surface area contributed by atoms with E-state index in [-0.39, 0.29) is 0 Å². The zero-order valence-electron chi connectivity index (χ0n) is 26.0. The summed E-state index contributed by atoms with van der Waals surface area (Å²) >= 11 is 0. The van der Waals surface area contributed by atoms with Gasteiger partial charge in [-0.25, -0.2) is 4.98 Å². The van der Waals surface area contributed by atoms with Crippen LogP contribution in [0.5, 0.6) is 11.5 Å². The van der Waals surface area contributed by atoms with Crippen molar-refractivity contribution in [1.82, 2.24) is 9.55 Å². The molecule has 2 N–H and O–H groups in total. The number of nitrogens with zero attached hydrogens (tertiary/aromatic N) is 2. The zero-order chi connectivity index (χ0) is 31.8. The highest BCUT2D eigenvalue weighted by molar-refractivity contribution is 5.95. The van der Waals surface area contributed by atoms with Crippen molar-refractivity contribution >= 4 is 16.7 Å². The average molecular weight is 616 g/mol. The molecule has 0 saturated heterocycles. The molecule has 48 heavy (non-hydrogen) atoms. The van der Waals surface area contributed by atoms with Gasteiger partial charge in [0.25, 0.3) is 0 Å². The lowest BCUT2D eigenvalue weighted by atomic mass is 9.66. The van der Waals surface area contributed by atoms with Crippen LogP contribution < -0.4 is 10.5 Å². The van der Waals surface area contributed by atoms with Crippen molar-refractivity contribution in [2.45, 2.75) is 5.41 Å². The van der Waals surface area contributed by atoms with Crippen molar-refractivity contribution in [1.29, 1.82) is 0 Å². The number of ether oxygens (including phenoxy) is 1. The average Bonchev–Trinajstić information content (AvgIpc) is 3.67. The summed E-state index contributed by atoms with van der Waals surface area (Å²) < 4.78 is 8.77. The van der Waals surface area contributed by atoms with Crippen molar-refractivity contribution in [3.05, 3.63) is 186 Å². The van der Waals surface area contributed by atoms with Gasteiger partial charge in [-0.2, -0.15) is 0 Å². The van der Waals surface area contributed by atoms with Crippen LogP contribution in [0.1, 0.15) is 22.3 Å². The number of benzene rings is 7. The molecule has 4 nitrogen and oxygen atoms in total. The molecule has 0 bridgehead atoms. The molecule has 2 aliphatic rings. The summed E-state index contributed by atoms with van der Waals surface area (Å²) in [6.45, 7) is 0. The molecular weight excluding hydrogens is 587 g/mol. The van der Waals surface area contributed by atoms with E-state index in [0.717, 1.165) is 78.7 Å². The van der Waals surface area contributed by atoms with E-state index in [2.05, 4.69) is 138 Å². The van der Waals surface area contributed by atoms with Crippen LogP contribution in [0.2, 0.25) is 0 Å². The second kappa shape index (κ2) is 10.1. The first kappa shape index (κ1) is 26.8. The third kappa shape index (κ3) is 3.63. The minimum absolute atomic E-state index is 0.568. The second-order valence-corrected chi connectivity index (χ2v) is 12.5. The maximum absolute atomic E-state index is 6.78. The van der Waals surface area contributed by atoms with Crippen LogP contribution >= 0.6 is 0 Å². The number of para-hydroxylation sites is 4. The molecule has 0 atom stereocenters. The van der Waals surface area contributed by atoms with E-state index in [1.807, 2.05) is 30.3 Å². The van der Waals surface area contributed by atoms with Crippen molar-refractivity contribution in [2.24, 2.45) is 0 Å². The highest BCUT2D eigenvalue weighted by Gasteiger charge is 2.51. The molecule has 0 amide bonds. The van der Waals surface area contributed by atoms with E-state index in [1.54, 1.807) is 0 Å². The van der Waals surface area contributed by atoms with Crippen molar-refractivity contribution in [2.75, 3.05) is 5.73 Å². The minimum Gasteiger partial charge on any atom is -0.457 e. The Labute approximate surface area is 278 Å². The molecule has 8 aromatic rings. The van der Waals surface area contributed by atoms with Crippen LogP contribution in [0.3, 0.4) is 0 Å². The van der Waals surface area contributed by atoms with Gasteiger partial charge in [0.1, 0.15) is 17.3 Å². The molecule has 7 aromatic carbocycles. The lowest BCUT2D eigenvalue weighted by Crippen LogP contribution is -2.32. The number of imidazole rings is 1. The maximum atomic E-state index is 6.78. The van der Waals surface area contributed by atoms with Crippen LogP contribution in [-0.4, -0.2) is 9.55 Å². The largest absolute Gasteiger partial charge is 0.457 e. The van der Waals surface area contributed by atoms with Crippen LogP contribution in [-0.2, 0) is 5.41 Å². The molecule has 4 heteroatoms. The first-order valence-electron chi connectivity index (χ1n) is 16.3. The molecule has 1 aromatic heterocycles. The summed E-state index contributed by atoms with van der Waals surface area (Å²) in [4.78, 5) is 5.03. The van der Waals surface area contributed by atoms with E-state index in [0.29, 0.717) is 0 Å². The Morgan fingerprint density at radius 3 is 1.94 bits per heavy atom.